The van der Waals surface area contributed by atoms with Gasteiger partial charge in [0.1, 0.15) is 35.7 Å². The second kappa shape index (κ2) is 21.7. The zero-order chi connectivity index (χ0) is 51.6. The van der Waals surface area contributed by atoms with Gasteiger partial charge in [-0.25, -0.2) is 4.39 Å². The van der Waals surface area contributed by atoms with Gasteiger partial charge in [0.05, 0.1) is 30.9 Å². The molecule has 14 nitrogen and oxygen atoms in total. The van der Waals surface area contributed by atoms with E-state index in [-0.39, 0.29) is 48.0 Å². The first kappa shape index (κ1) is 50.3. The van der Waals surface area contributed by atoms with E-state index in [2.05, 4.69) is 45.5 Å². The minimum Gasteiger partial charge on any atom is -0.508 e. The number of phenols is 1. The Hall–Kier alpha value is -7.25. The number of amides is 3. The van der Waals surface area contributed by atoms with Crippen LogP contribution >= 0.6 is 0 Å². The smallest absolute Gasteiger partial charge is 0.258 e. The van der Waals surface area contributed by atoms with Crippen LogP contribution in [0, 0.1) is 31.0 Å². The van der Waals surface area contributed by atoms with Crippen LogP contribution in [0.3, 0.4) is 0 Å². The first-order chi connectivity index (χ1) is 35.8. The number of fused-ring (bicyclic) bond motifs is 2. The van der Waals surface area contributed by atoms with Crippen LogP contribution in [0.2, 0.25) is 0 Å². The molecule has 74 heavy (non-hydrogen) atoms. The highest BCUT2D eigenvalue weighted by molar-refractivity contribution is 6.14. The highest BCUT2D eigenvalue weighted by atomic mass is 19.1. The number of ether oxygens (including phenoxy) is 2. The van der Waals surface area contributed by atoms with Gasteiger partial charge in [-0.15, -0.1) is 0 Å². The van der Waals surface area contributed by atoms with E-state index in [1.807, 2.05) is 54.1 Å². The minimum absolute atomic E-state index is 0.0682. The highest BCUT2D eigenvalue weighted by Crippen LogP contribution is 2.44. The number of morpholine rings is 1. The molecule has 3 amide bonds. The Kier molecular flexibility index (Phi) is 14.7. The molecule has 10 rings (SSSR count). The number of phenolic OH excluding ortho intramolecular Hbond substituents is 1. The zero-order valence-corrected chi connectivity index (χ0v) is 42.9. The molecular formula is C59H65FN8O6. The number of carbonyl (C=O) groups excluding carboxylic acids is 3. The van der Waals surface area contributed by atoms with E-state index in [9.17, 15) is 20.0 Å². The lowest BCUT2D eigenvalue weighted by molar-refractivity contribution is -0.131. The fourth-order valence-electron chi connectivity index (χ4n) is 11.4. The van der Waals surface area contributed by atoms with Crippen LogP contribution in [0.25, 0.3) is 22.4 Å². The Labute approximate surface area is 432 Å². The Morgan fingerprint density at radius 3 is 2.30 bits per heavy atom. The number of nitrogens with one attached hydrogen (secondary N) is 1. The van der Waals surface area contributed by atoms with Crippen LogP contribution in [0.1, 0.15) is 84.9 Å². The number of halogens is 1. The van der Waals surface area contributed by atoms with Crippen LogP contribution in [0.4, 0.5) is 10.1 Å². The molecule has 2 saturated heterocycles. The van der Waals surface area contributed by atoms with Crippen LogP contribution in [0.15, 0.2) is 84.9 Å². The lowest BCUT2D eigenvalue weighted by atomic mass is 9.87. The van der Waals surface area contributed by atoms with E-state index in [4.69, 9.17) is 9.47 Å². The standard InChI is InChI=1S/C59H65FN8O6/c1-38-50(32-46(34-61)63(38)3)56-55(58(71)62-45-13-15-48(69)16-14-45)39(2)64(4)57(56)51-29-41-18-21-67(54(70)31-42-12-17-49(33-53(42)60)74-27-24-65-22-25-73-26-23-65)35-44(41)30-52(51)59(72)68-36-43-11-7-6-10-40(43)28-47(68)37-66-19-8-5-9-20-66/h6-7,10-17,29-30,32-33,47,69H,5,8-9,18-28,31,35-37H2,1-4H3,(H,62,71)/t47-/m0/s1. The molecule has 0 saturated carbocycles. The maximum atomic E-state index is 16.0. The van der Waals surface area contributed by atoms with Crippen LogP contribution in [0.5, 0.6) is 11.5 Å². The van der Waals surface area contributed by atoms with Crippen molar-refractivity contribution in [2.75, 3.05) is 71.0 Å². The van der Waals surface area contributed by atoms with Gasteiger partial charge < -0.3 is 43.7 Å². The van der Waals surface area contributed by atoms with Gasteiger partial charge in [0, 0.05) is 111 Å². The van der Waals surface area contributed by atoms with Crippen molar-refractivity contribution in [2.45, 2.75) is 71.5 Å². The van der Waals surface area contributed by atoms with Gasteiger partial charge >= 0.3 is 0 Å². The number of nitriles is 1. The molecule has 0 unspecified atom stereocenters. The van der Waals surface area contributed by atoms with Crippen molar-refractivity contribution in [1.82, 2.24) is 28.7 Å². The third-order valence-corrected chi connectivity index (χ3v) is 15.8. The maximum absolute atomic E-state index is 16.0. The number of likely N-dealkylation sites (tertiary alicyclic amines) is 1. The number of piperidine rings is 1. The first-order valence-corrected chi connectivity index (χ1v) is 26.0. The van der Waals surface area contributed by atoms with Gasteiger partial charge in [0.2, 0.25) is 5.91 Å². The van der Waals surface area contributed by atoms with E-state index in [0.29, 0.717) is 109 Å². The van der Waals surface area contributed by atoms with E-state index in [1.165, 1.54) is 30.2 Å². The summed E-state index contributed by atoms with van der Waals surface area (Å²) in [6.07, 6.45) is 4.48. The average molecular weight is 1000 g/mol. The van der Waals surface area contributed by atoms with Gasteiger partial charge in [0.15, 0.2) is 0 Å². The number of carbonyl (C=O) groups is 3. The number of rotatable bonds is 13. The number of hydrogen-bond donors (Lipinski definition) is 2. The Bertz CT molecular complexity index is 3140. The molecule has 4 aliphatic rings. The van der Waals surface area contributed by atoms with Crippen molar-refractivity contribution >= 4 is 23.4 Å². The quantitative estimate of drug-likeness (QED) is 0.109. The van der Waals surface area contributed by atoms with Gasteiger partial charge in [0.25, 0.3) is 11.8 Å². The molecule has 4 aromatic carbocycles. The van der Waals surface area contributed by atoms with E-state index < -0.39 is 5.82 Å². The van der Waals surface area contributed by atoms with E-state index in [0.717, 1.165) is 67.9 Å². The topological polar surface area (TPSA) is 149 Å². The summed E-state index contributed by atoms with van der Waals surface area (Å²) in [6.45, 7) is 11.7. The summed E-state index contributed by atoms with van der Waals surface area (Å²) in [5.74, 6) is -0.780. The first-order valence-electron chi connectivity index (χ1n) is 26.0. The lowest BCUT2D eigenvalue weighted by Gasteiger charge is -2.41. The Morgan fingerprint density at radius 2 is 1.57 bits per heavy atom. The molecule has 6 heterocycles. The summed E-state index contributed by atoms with van der Waals surface area (Å²) in [5, 5.41) is 23.4. The molecule has 2 fully saturated rings. The summed E-state index contributed by atoms with van der Waals surface area (Å²) in [5.41, 5.74) is 10.1. The van der Waals surface area contributed by atoms with E-state index >= 15 is 9.18 Å². The normalized spacial score (nSPS) is 17.1. The van der Waals surface area contributed by atoms with Crippen LogP contribution in [-0.4, -0.2) is 123 Å². The summed E-state index contributed by atoms with van der Waals surface area (Å²) >= 11 is 0. The van der Waals surface area contributed by atoms with Crippen molar-refractivity contribution in [3.05, 3.63) is 147 Å². The van der Waals surface area contributed by atoms with E-state index in [1.54, 1.807) is 35.2 Å². The molecule has 0 bridgehead atoms. The molecule has 2 aromatic heterocycles. The summed E-state index contributed by atoms with van der Waals surface area (Å²) in [4.78, 5) is 53.5. The second-order valence-electron chi connectivity index (χ2n) is 20.3. The summed E-state index contributed by atoms with van der Waals surface area (Å²) in [7, 11) is 3.73. The van der Waals surface area contributed by atoms with Crippen molar-refractivity contribution in [2.24, 2.45) is 14.1 Å². The molecule has 0 radical (unpaired) electrons. The number of anilines is 1. The fourth-order valence-corrected chi connectivity index (χ4v) is 11.4. The molecule has 4 aliphatic heterocycles. The number of benzene rings is 4. The second-order valence-corrected chi connectivity index (χ2v) is 20.3. The number of aromatic nitrogens is 2. The molecule has 6 aromatic rings. The summed E-state index contributed by atoms with van der Waals surface area (Å²) < 4.78 is 30.8. The average Bonchev–Trinajstić information content (AvgIpc) is 3.86. The molecular weight excluding hydrogens is 936 g/mol. The molecule has 0 spiro atoms. The molecule has 15 heteroatoms. The largest absolute Gasteiger partial charge is 0.508 e. The Morgan fingerprint density at radius 1 is 0.811 bits per heavy atom. The van der Waals surface area contributed by atoms with Gasteiger partial charge in [-0.2, -0.15) is 5.26 Å². The highest BCUT2D eigenvalue weighted by Gasteiger charge is 2.37. The van der Waals surface area contributed by atoms with Gasteiger partial charge in [-0.05, 0) is 129 Å². The number of aromatic hydroxyl groups is 1. The van der Waals surface area contributed by atoms with Crippen molar-refractivity contribution in [3.8, 4) is 40.0 Å². The lowest BCUT2D eigenvalue weighted by Crippen LogP contribution is -2.51. The maximum Gasteiger partial charge on any atom is 0.258 e. The van der Waals surface area contributed by atoms with Crippen molar-refractivity contribution in [3.63, 3.8) is 0 Å². The monoisotopic (exact) mass is 1000 g/mol. The third kappa shape index (κ3) is 10.3. The van der Waals surface area contributed by atoms with Crippen molar-refractivity contribution < 1.29 is 33.4 Å². The van der Waals surface area contributed by atoms with Gasteiger partial charge in [-0.3, -0.25) is 19.3 Å². The predicted molar refractivity (Wildman–Crippen MR) is 282 cm³/mol. The van der Waals surface area contributed by atoms with Crippen LogP contribution in [-0.2, 0) is 56.0 Å². The summed E-state index contributed by atoms with van der Waals surface area (Å²) in [6, 6.07) is 27.4. The molecule has 384 valence electrons. The molecule has 2 N–H and O–H groups in total. The fraction of sp³-hybridized carbons (Fsp3) is 0.390. The molecule has 1 atom stereocenters. The predicted octanol–water partition coefficient (Wildman–Crippen LogP) is 8.17. The third-order valence-electron chi connectivity index (χ3n) is 15.8. The molecule has 0 aliphatic carbocycles. The zero-order valence-electron chi connectivity index (χ0n) is 42.9. The van der Waals surface area contributed by atoms with Crippen molar-refractivity contribution in [1.29, 1.82) is 5.26 Å². The minimum atomic E-state index is -0.500. The SMILES string of the molecule is Cc1c(-c2c(C(=O)Nc3ccc(O)cc3)c(C)n(C)c2-c2cc3c(cc2C(=O)N2Cc4ccccc4C[C@H]2CN2CCCCC2)CN(C(=O)Cc2ccc(OCCN4CCOCC4)cc2F)CC3)cc(C#N)n1C. The number of hydrogen-bond acceptors (Lipinski definition) is 9. The van der Waals surface area contributed by atoms with Crippen LogP contribution < -0.4 is 10.1 Å². The Balaban J connectivity index is 1.04. The van der Waals surface area contributed by atoms with Gasteiger partial charge in [-0.1, -0.05) is 36.8 Å². The number of nitrogens with zero attached hydrogens (tertiary/aromatic N) is 7.